The van der Waals surface area contributed by atoms with Gasteiger partial charge in [-0.15, -0.1) is 14.8 Å². The van der Waals surface area contributed by atoms with E-state index >= 15 is 0 Å². The second kappa shape index (κ2) is 4.85. The summed E-state index contributed by atoms with van der Waals surface area (Å²) in [5, 5.41) is 19.2. The van der Waals surface area contributed by atoms with Crippen molar-refractivity contribution in [2.75, 3.05) is 24.5 Å². The van der Waals surface area contributed by atoms with Crippen molar-refractivity contribution in [3.8, 4) is 0 Å². The van der Waals surface area contributed by atoms with E-state index < -0.39 is 0 Å². The minimum Gasteiger partial charge on any atom is -0.351 e. The van der Waals surface area contributed by atoms with E-state index in [2.05, 4.69) is 37.8 Å². The highest BCUT2D eigenvalue weighted by atomic mass is 15.6. The zero-order valence-corrected chi connectivity index (χ0v) is 10.5. The fraction of sp³-hybridized carbons (Fsp3) is 0.636. The third kappa shape index (κ3) is 2.01. The van der Waals surface area contributed by atoms with Gasteiger partial charge in [-0.2, -0.15) is 0 Å². The second-order valence-corrected chi connectivity index (χ2v) is 4.56. The summed E-state index contributed by atoms with van der Waals surface area (Å²) in [5.41, 5.74) is 0.680. The van der Waals surface area contributed by atoms with Crippen molar-refractivity contribution < 1.29 is 0 Å². The van der Waals surface area contributed by atoms with Gasteiger partial charge in [-0.05, 0) is 41.9 Å². The Morgan fingerprint density at radius 1 is 1.50 bits per heavy atom. The predicted molar refractivity (Wildman–Crippen MR) is 67.5 cm³/mol. The number of nitrogens with one attached hydrogen (secondary N) is 1. The Kier molecular flexibility index (Phi) is 3.06. The van der Waals surface area contributed by atoms with E-state index in [0.717, 1.165) is 38.3 Å². The van der Waals surface area contributed by atoms with Crippen LogP contribution in [0.3, 0.4) is 0 Å². The van der Waals surface area contributed by atoms with E-state index in [9.17, 15) is 0 Å². The molecule has 1 aliphatic rings. The number of nitrogens with zero attached hydrogens (tertiary/aromatic N) is 6. The normalized spacial score (nSPS) is 19.5. The minimum absolute atomic E-state index is 0.520. The summed E-state index contributed by atoms with van der Waals surface area (Å²) in [5.74, 6) is 0.949. The van der Waals surface area contributed by atoms with E-state index in [0.29, 0.717) is 11.7 Å². The average Bonchev–Trinajstić information content (AvgIpc) is 3.05. The lowest BCUT2D eigenvalue weighted by atomic mass is 10.2. The standard InChI is InChI=1S/C11H17N7/c1-2-7-17(9-5-6-12-8-9)11-4-3-10-13-15-16-18(10)14-11/h3-4,9,12H,2,5-8H2,1H3. The van der Waals surface area contributed by atoms with Gasteiger partial charge in [0.1, 0.15) is 0 Å². The summed E-state index contributed by atoms with van der Waals surface area (Å²) in [6.07, 6.45) is 2.27. The van der Waals surface area contributed by atoms with Crippen molar-refractivity contribution in [3.05, 3.63) is 12.1 Å². The molecule has 1 atom stereocenters. The van der Waals surface area contributed by atoms with Crippen LogP contribution in [0, 0.1) is 0 Å². The molecule has 1 N–H and O–H groups in total. The van der Waals surface area contributed by atoms with E-state index in [-0.39, 0.29) is 0 Å². The molecule has 2 aromatic rings. The van der Waals surface area contributed by atoms with Crippen LogP contribution in [0.4, 0.5) is 5.82 Å². The van der Waals surface area contributed by atoms with E-state index in [1.54, 1.807) is 0 Å². The molecule has 3 heterocycles. The number of rotatable bonds is 4. The highest BCUT2D eigenvalue weighted by Gasteiger charge is 2.23. The van der Waals surface area contributed by atoms with Crippen molar-refractivity contribution in [1.29, 1.82) is 0 Å². The van der Waals surface area contributed by atoms with Gasteiger partial charge in [-0.3, -0.25) is 0 Å². The van der Waals surface area contributed by atoms with Crippen LogP contribution in [0.5, 0.6) is 0 Å². The van der Waals surface area contributed by atoms with Crippen molar-refractivity contribution in [2.45, 2.75) is 25.8 Å². The lowest BCUT2D eigenvalue weighted by Crippen LogP contribution is -2.38. The summed E-state index contributed by atoms with van der Waals surface area (Å²) in [7, 11) is 0. The quantitative estimate of drug-likeness (QED) is 0.826. The van der Waals surface area contributed by atoms with Crippen molar-refractivity contribution in [1.82, 2.24) is 30.6 Å². The van der Waals surface area contributed by atoms with Gasteiger partial charge in [0.15, 0.2) is 11.5 Å². The Bertz CT molecular complexity index is 517. The molecule has 18 heavy (non-hydrogen) atoms. The number of hydrogen-bond donors (Lipinski definition) is 1. The predicted octanol–water partition coefficient (Wildman–Crippen LogP) is 0.0976. The molecule has 0 aliphatic carbocycles. The fourth-order valence-electron chi connectivity index (χ4n) is 2.42. The zero-order chi connectivity index (χ0) is 12.4. The van der Waals surface area contributed by atoms with Crippen LogP contribution >= 0.6 is 0 Å². The molecule has 0 aromatic carbocycles. The maximum atomic E-state index is 4.48. The molecule has 3 rings (SSSR count). The van der Waals surface area contributed by atoms with Crippen LogP contribution in [0.1, 0.15) is 19.8 Å². The molecule has 1 saturated heterocycles. The minimum atomic E-state index is 0.520. The number of hydrogen-bond acceptors (Lipinski definition) is 6. The molecular weight excluding hydrogens is 230 g/mol. The molecule has 7 heteroatoms. The van der Waals surface area contributed by atoms with Gasteiger partial charge in [0, 0.05) is 19.1 Å². The topological polar surface area (TPSA) is 71.2 Å². The fourth-order valence-corrected chi connectivity index (χ4v) is 2.42. The maximum Gasteiger partial charge on any atom is 0.200 e. The van der Waals surface area contributed by atoms with E-state index in [1.165, 1.54) is 4.63 Å². The number of tetrazole rings is 1. The van der Waals surface area contributed by atoms with Crippen molar-refractivity contribution in [3.63, 3.8) is 0 Å². The van der Waals surface area contributed by atoms with Gasteiger partial charge < -0.3 is 10.2 Å². The SMILES string of the molecule is CCCN(c1ccc2nnnn2n1)C1CCNC1. The van der Waals surface area contributed by atoms with Gasteiger partial charge in [-0.1, -0.05) is 6.92 Å². The molecule has 0 amide bonds. The Hall–Kier alpha value is -1.76. The number of aromatic nitrogens is 5. The van der Waals surface area contributed by atoms with E-state index in [1.807, 2.05) is 12.1 Å². The lowest BCUT2D eigenvalue weighted by Gasteiger charge is -2.28. The van der Waals surface area contributed by atoms with Gasteiger partial charge in [0.2, 0.25) is 0 Å². The Morgan fingerprint density at radius 3 is 3.22 bits per heavy atom. The third-order valence-electron chi connectivity index (χ3n) is 3.29. The van der Waals surface area contributed by atoms with Crippen LogP contribution < -0.4 is 10.2 Å². The first kappa shape index (κ1) is 11.3. The third-order valence-corrected chi connectivity index (χ3v) is 3.29. The average molecular weight is 247 g/mol. The largest absolute Gasteiger partial charge is 0.351 e. The van der Waals surface area contributed by atoms with Crippen molar-refractivity contribution >= 4 is 11.5 Å². The number of fused-ring (bicyclic) bond motifs is 1. The van der Waals surface area contributed by atoms with Crippen molar-refractivity contribution in [2.24, 2.45) is 0 Å². The molecule has 2 aromatic heterocycles. The van der Waals surface area contributed by atoms with Gasteiger partial charge in [0.25, 0.3) is 0 Å². The highest BCUT2D eigenvalue weighted by Crippen LogP contribution is 2.18. The van der Waals surface area contributed by atoms with E-state index in [4.69, 9.17) is 0 Å². The Balaban J connectivity index is 1.92. The molecule has 7 nitrogen and oxygen atoms in total. The van der Waals surface area contributed by atoms with Crippen LogP contribution in [0.25, 0.3) is 5.65 Å². The summed E-state index contributed by atoms with van der Waals surface area (Å²) in [6.45, 7) is 5.30. The lowest BCUT2D eigenvalue weighted by molar-refractivity contribution is 0.605. The summed E-state index contributed by atoms with van der Waals surface area (Å²) in [4.78, 5) is 2.35. The van der Waals surface area contributed by atoms with Crippen LogP contribution in [0.15, 0.2) is 12.1 Å². The monoisotopic (exact) mass is 247 g/mol. The maximum absolute atomic E-state index is 4.48. The number of anilines is 1. The Morgan fingerprint density at radius 2 is 2.44 bits per heavy atom. The smallest absolute Gasteiger partial charge is 0.200 e. The van der Waals surface area contributed by atoms with Gasteiger partial charge >= 0.3 is 0 Å². The van der Waals surface area contributed by atoms with Crippen LogP contribution in [-0.2, 0) is 0 Å². The molecule has 96 valence electrons. The van der Waals surface area contributed by atoms with Gasteiger partial charge in [0.05, 0.1) is 0 Å². The summed E-state index contributed by atoms with van der Waals surface area (Å²) < 4.78 is 1.49. The molecule has 1 aliphatic heterocycles. The Labute approximate surface area is 105 Å². The molecular formula is C11H17N7. The highest BCUT2D eigenvalue weighted by molar-refractivity contribution is 5.45. The molecule has 1 unspecified atom stereocenters. The summed E-state index contributed by atoms with van der Waals surface area (Å²) >= 11 is 0. The zero-order valence-electron chi connectivity index (χ0n) is 10.5. The molecule has 0 radical (unpaired) electrons. The molecule has 0 spiro atoms. The first-order valence-electron chi connectivity index (χ1n) is 6.41. The first-order chi connectivity index (χ1) is 8.88. The molecule has 0 bridgehead atoms. The van der Waals surface area contributed by atoms with Crippen LogP contribution in [-0.4, -0.2) is 50.9 Å². The summed E-state index contributed by atoms with van der Waals surface area (Å²) in [6, 6.07) is 4.43. The molecule has 0 saturated carbocycles. The first-order valence-corrected chi connectivity index (χ1v) is 6.41. The van der Waals surface area contributed by atoms with Gasteiger partial charge in [-0.25, -0.2) is 0 Å². The molecule has 1 fully saturated rings. The second-order valence-electron chi connectivity index (χ2n) is 4.56. The van der Waals surface area contributed by atoms with Crippen LogP contribution in [0.2, 0.25) is 0 Å².